The maximum Gasteiger partial charge on any atom is 0.196 e. The normalized spacial score (nSPS) is 11.1. The van der Waals surface area contributed by atoms with Crippen molar-refractivity contribution < 1.29 is 24.1 Å². The third kappa shape index (κ3) is 2.31. The average molecular weight is 330 g/mol. The first kappa shape index (κ1) is 16.0. The number of methoxy groups -OCH3 is 2. The molecule has 0 fully saturated rings. The van der Waals surface area contributed by atoms with Crippen molar-refractivity contribution >= 4 is 21.7 Å². The van der Waals surface area contributed by atoms with Gasteiger partial charge in [-0.15, -0.1) is 0 Å². The molecule has 6 nitrogen and oxygen atoms in total. The predicted octanol–water partition coefficient (Wildman–Crippen LogP) is 3.33. The molecule has 3 aromatic rings. The summed E-state index contributed by atoms with van der Waals surface area (Å²) in [6.45, 7) is 1.97. The second-order valence-corrected chi connectivity index (χ2v) is 5.48. The highest BCUT2D eigenvalue weighted by atomic mass is 16.5. The van der Waals surface area contributed by atoms with Crippen molar-refractivity contribution in [2.75, 3.05) is 14.2 Å². The van der Waals surface area contributed by atoms with Crippen molar-refractivity contribution in [1.29, 1.82) is 0 Å². The van der Waals surface area contributed by atoms with Crippen LogP contribution in [0.25, 0.3) is 21.7 Å². The molecule has 3 rings (SSSR count). The molecule has 0 aliphatic carbocycles. The molecule has 0 saturated carbocycles. The molecule has 24 heavy (non-hydrogen) atoms. The van der Waals surface area contributed by atoms with E-state index in [9.17, 15) is 15.0 Å². The van der Waals surface area contributed by atoms with Crippen molar-refractivity contribution in [1.82, 2.24) is 0 Å². The Morgan fingerprint density at radius 3 is 2.46 bits per heavy atom. The van der Waals surface area contributed by atoms with Crippen LogP contribution in [-0.4, -0.2) is 24.4 Å². The van der Waals surface area contributed by atoms with Gasteiger partial charge >= 0.3 is 0 Å². The van der Waals surface area contributed by atoms with Crippen LogP contribution in [0.2, 0.25) is 0 Å². The Morgan fingerprint density at radius 1 is 1.08 bits per heavy atom. The van der Waals surface area contributed by atoms with Crippen molar-refractivity contribution in [2.24, 2.45) is 0 Å². The third-order valence-corrected chi connectivity index (χ3v) is 3.95. The number of aromatic hydroxyl groups is 2. The van der Waals surface area contributed by atoms with Gasteiger partial charge in [0.2, 0.25) is 0 Å². The maximum atomic E-state index is 12.5. The van der Waals surface area contributed by atoms with Crippen LogP contribution in [0, 0.1) is 0 Å². The Kier molecular flexibility index (Phi) is 3.97. The monoisotopic (exact) mass is 330 g/mol. The number of fused-ring (bicyclic) bond motifs is 2. The number of phenolic OH excluding ortho intramolecular Hbond substituents is 2. The van der Waals surface area contributed by atoms with Gasteiger partial charge in [0.25, 0.3) is 0 Å². The van der Waals surface area contributed by atoms with E-state index >= 15 is 0 Å². The van der Waals surface area contributed by atoms with Gasteiger partial charge in [0.15, 0.2) is 16.8 Å². The topological polar surface area (TPSA) is 89.1 Å². The number of hydrogen-bond acceptors (Lipinski definition) is 6. The first-order valence-electron chi connectivity index (χ1n) is 7.58. The van der Waals surface area contributed by atoms with Gasteiger partial charge < -0.3 is 24.1 Å². The smallest absolute Gasteiger partial charge is 0.196 e. The second-order valence-electron chi connectivity index (χ2n) is 5.48. The van der Waals surface area contributed by atoms with Crippen molar-refractivity contribution in [3.8, 4) is 23.0 Å². The summed E-state index contributed by atoms with van der Waals surface area (Å²) in [5.74, 6) is 0.627. The van der Waals surface area contributed by atoms with Crippen LogP contribution in [0.1, 0.15) is 19.1 Å². The van der Waals surface area contributed by atoms with Crippen LogP contribution < -0.4 is 14.9 Å². The molecular formula is C18H18O6. The summed E-state index contributed by atoms with van der Waals surface area (Å²) >= 11 is 0. The van der Waals surface area contributed by atoms with Crippen LogP contribution in [0.3, 0.4) is 0 Å². The zero-order chi connectivity index (χ0) is 17.4. The fraction of sp³-hybridized carbons (Fsp3) is 0.278. The molecule has 0 atom stereocenters. The molecule has 0 radical (unpaired) electrons. The number of phenols is 2. The van der Waals surface area contributed by atoms with E-state index in [1.54, 1.807) is 6.07 Å². The Morgan fingerprint density at radius 2 is 1.83 bits per heavy atom. The Balaban J connectivity index is 2.56. The fourth-order valence-electron chi connectivity index (χ4n) is 2.89. The summed E-state index contributed by atoms with van der Waals surface area (Å²) in [6, 6.07) is 4.33. The largest absolute Gasteiger partial charge is 0.507 e. The third-order valence-electron chi connectivity index (χ3n) is 3.95. The molecule has 0 amide bonds. The van der Waals surface area contributed by atoms with E-state index in [4.69, 9.17) is 13.9 Å². The van der Waals surface area contributed by atoms with E-state index in [-0.39, 0.29) is 39.0 Å². The van der Waals surface area contributed by atoms with Crippen molar-refractivity contribution in [3.05, 3.63) is 34.2 Å². The van der Waals surface area contributed by atoms with Gasteiger partial charge in [-0.05, 0) is 12.5 Å². The number of hydrogen-bond donors (Lipinski definition) is 2. The van der Waals surface area contributed by atoms with E-state index in [1.165, 1.54) is 26.4 Å². The maximum absolute atomic E-state index is 12.5. The lowest BCUT2D eigenvalue weighted by Crippen LogP contribution is -2.04. The zero-order valence-corrected chi connectivity index (χ0v) is 13.7. The summed E-state index contributed by atoms with van der Waals surface area (Å²) in [5, 5.41) is 21.3. The lowest BCUT2D eigenvalue weighted by Gasteiger charge is -2.14. The molecule has 2 aromatic carbocycles. The van der Waals surface area contributed by atoms with E-state index < -0.39 is 0 Å². The number of rotatable bonds is 4. The summed E-state index contributed by atoms with van der Waals surface area (Å²) in [6.07, 6.45) is 1.40. The molecule has 1 heterocycles. The van der Waals surface area contributed by atoms with E-state index in [0.717, 1.165) is 6.42 Å². The first-order chi connectivity index (χ1) is 11.5. The summed E-state index contributed by atoms with van der Waals surface area (Å²) < 4.78 is 16.4. The van der Waals surface area contributed by atoms with E-state index in [0.29, 0.717) is 23.3 Å². The molecule has 2 N–H and O–H groups in total. The van der Waals surface area contributed by atoms with Gasteiger partial charge in [0.05, 0.1) is 19.6 Å². The van der Waals surface area contributed by atoms with Gasteiger partial charge in [-0.1, -0.05) is 6.92 Å². The molecule has 0 spiro atoms. The van der Waals surface area contributed by atoms with Crippen LogP contribution in [0.4, 0.5) is 0 Å². The van der Waals surface area contributed by atoms with Crippen molar-refractivity contribution in [2.45, 2.75) is 19.8 Å². The Bertz CT molecular complexity index is 987. The molecule has 1 aromatic heterocycles. The molecule has 0 saturated heterocycles. The molecule has 0 aliphatic heterocycles. The molecule has 0 unspecified atom stereocenters. The molecule has 0 aliphatic rings. The van der Waals surface area contributed by atoms with Crippen LogP contribution >= 0.6 is 0 Å². The lowest BCUT2D eigenvalue weighted by molar-refractivity contribution is 0.402. The molecule has 0 bridgehead atoms. The SMILES string of the molecule is CCCc1cc(=O)c2c(O)c3c(O)cc(OC)cc3c(OC)c2o1. The minimum Gasteiger partial charge on any atom is -0.507 e. The van der Waals surface area contributed by atoms with Gasteiger partial charge in [-0.3, -0.25) is 4.79 Å². The quantitative estimate of drug-likeness (QED) is 0.713. The van der Waals surface area contributed by atoms with Crippen LogP contribution in [-0.2, 0) is 6.42 Å². The van der Waals surface area contributed by atoms with Gasteiger partial charge in [-0.25, -0.2) is 0 Å². The van der Waals surface area contributed by atoms with Gasteiger partial charge in [0, 0.05) is 23.9 Å². The lowest BCUT2D eigenvalue weighted by atomic mass is 10.0. The van der Waals surface area contributed by atoms with Crippen molar-refractivity contribution in [3.63, 3.8) is 0 Å². The first-order valence-corrected chi connectivity index (χ1v) is 7.58. The average Bonchev–Trinajstić information content (AvgIpc) is 2.54. The zero-order valence-electron chi connectivity index (χ0n) is 13.7. The Labute approximate surface area is 137 Å². The number of benzene rings is 2. The highest BCUT2D eigenvalue weighted by Gasteiger charge is 2.22. The minimum absolute atomic E-state index is 0.0142. The molecular weight excluding hydrogens is 312 g/mol. The van der Waals surface area contributed by atoms with E-state index in [1.807, 2.05) is 6.92 Å². The standard InChI is InChI=1S/C18H18O6/c1-4-5-9-7-13(20)15-16(21)14-11(17(23-3)18(15)24-9)6-10(22-2)8-12(14)19/h6-8,19,21H,4-5H2,1-3H3. The number of aryl methyl sites for hydroxylation is 1. The number of ether oxygens (including phenoxy) is 2. The van der Waals surface area contributed by atoms with Gasteiger partial charge in [0.1, 0.15) is 28.4 Å². The van der Waals surface area contributed by atoms with Gasteiger partial charge in [-0.2, -0.15) is 0 Å². The van der Waals surface area contributed by atoms with Crippen LogP contribution in [0.15, 0.2) is 27.4 Å². The highest BCUT2D eigenvalue weighted by molar-refractivity contribution is 6.11. The molecule has 126 valence electrons. The predicted molar refractivity (Wildman–Crippen MR) is 90.4 cm³/mol. The fourth-order valence-corrected chi connectivity index (χ4v) is 2.89. The Hall–Kier alpha value is -2.89. The highest BCUT2D eigenvalue weighted by Crippen LogP contribution is 2.46. The van der Waals surface area contributed by atoms with Crippen LogP contribution in [0.5, 0.6) is 23.0 Å². The summed E-state index contributed by atoms with van der Waals surface area (Å²) in [4.78, 5) is 12.5. The summed E-state index contributed by atoms with van der Waals surface area (Å²) in [7, 11) is 2.90. The second kappa shape index (κ2) is 5.96. The minimum atomic E-state index is -0.382. The molecule has 6 heteroatoms. The van der Waals surface area contributed by atoms with E-state index in [2.05, 4.69) is 0 Å². The summed E-state index contributed by atoms with van der Waals surface area (Å²) in [5.41, 5.74) is -0.223.